The molecule has 4 heterocycles. The molecular weight excluding hydrogens is 554 g/mol. The molecule has 44 heavy (non-hydrogen) atoms. The van der Waals surface area contributed by atoms with Crippen LogP contribution < -0.4 is 15.4 Å². The van der Waals surface area contributed by atoms with Gasteiger partial charge in [0.2, 0.25) is 11.9 Å². The SMILES string of the molecule is C=CC(=O)N1CCN(c2nc(N3CC(N(CC)CC)C3)nc3c(=O)n(-c4cccc5c4CC(C)(C)C5)ncc23)CC1CC#N. The zero-order valence-corrected chi connectivity index (χ0v) is 26.2. The van der Waals surface area contributed by atoms with Gasteiger partial charge in [-0.1, -0.05) is 46.4 Å². The van der Waals surface area contributed by atoms with Crippen LogP contribution in [-0.2, 0) is 17.6 Å². The van der Waals surface area contributed by atoms with Crippen molar-refractivity contribution in [1.29, 1.82) is 5.26 Å². The summed E-state index contributed by atoms with van der Waals surface area (Å²) in [5.74, 6) is 0.942. The second-order valence-corrected chi connectivity index (χ2v) is 12.9. The molecule has 230 valence electrons. The second kappa shape index (κ2) is 11.7. The maximum Gasteiger partial charge on any atom is 0.298 e. The van der Waals surface area contributed by atoms with E-state index in [1.165, 1.54) is 16.3 Å². The van der Waals surface area contributed by atoms with E-state index in [1.54, 1.807) is 11.1 Å². The molecule has 0 saturated carbocycles. The minimum atomic E-state index is -0.327. The third-order valence-electron chi connectivity index (χ3n) is 9.45. The average molecular weight is 596 g/mol. The number of carbonyl (C=O) groups excluding carboxylic acids is 1. The van der Waals surface area contributed by atoms with Gasteiger partial charge in [-0.3, -0.25) is 14.5 Å². The van der Waals surface area contributed by atoms with E-state index in [0.29, 0.717) is 48.3 Å². The molecule has 11 heteroatoms. The number of carbonyl (C=O) groups is 1. The maximum absolute atomic E-state index is 14.3. The topological polar surface area (TPSA) is 114 Å². The quantitative estimate of drug-likeness (QED) is 0.363. The summed E-state index contributed by atoms with van der Waals surface area (Å²) in [5.41, 5.74) is 3.38. The lowest BCUT2D eigenvalue weighted by atomic mass is 9.90. The van der Waals surface area contributed by atoms with Crippen LogP contribution in [0.5, 0.6) is 0 Å². The van der Waals surface area contributed by atoms with Crippen LogP contribution in [0, 0.1) is 16.7 Å². The van der Waals surface area contributed by atoms with Gasteiger partial charge in [-0.05, 0) is 54.6 Å². The van der Waals surface area contributed by atoms with E-state index in [4.69, 9.17) is 9.97 Å². The number of rotatable bonds is 8. The second-order valence-electron chi connectivity index (χ2n) is 12.9. The normalized spacial score (nSPS) is 19.6. The summed E-state index contributed by atoms with van der Waals surface area (Å²) in [6, 6.07) is 8.41. The van der Waals surface area contributed by atoms with Gasteiger partial charge < -0.3 is 14.7 Å². The summed E-state index contributed by atoms with van der Waals surface area (Å²) in [6.07, 6.45) is 5.01. The monoisotopic (exact) mass is 595 g/mol. The Morgan fingerprint density at radius 3 is 2.61 bits per heavy atom. The van der Waals surface area contributed by atoms with E-state index in [1.807, 2.05) is 12.1 Å². The number of likely N-dealkylation sites (N-methyl/N-ethyl adjacent to an activating group) is 1. The van der Waals surface area contributed by atoms with Crippen LogP contribution in [0.15, 0.2) is 41.8 Å². The molecule has 0 bridgehead atoms. The molecule has 1 unspecified atom stereocenters. The van der Waals surface area contributed by atoms with Crippen molar-refractivity contribution < 1.29 is 4.79 Å². The largest absolute Gasteiger partial charge is 0.352 e. The predicted molar refractivity (Wildman–Crippen MR) is 171 cm³/mol. The minimum Gasteiger partial charge on any atom is -0.352 e. The molecule has 2 aliphatic heterocycles. The molecular formula is C33H41N9O2. The lowest BCUT2D eigenvalue weighted by Gasteiger charge is -2.45. The molecule has 2 fully saturated rings. The van der Waals surface area contributed by atoms with E-state index in [0.717, 1.165) is 50.3 Å². The number of piperazine rings is 1. The minimum absolute atomic E-state index is 0.120. The first-order chi connectivity index (χ1) is 21.2. The number of anilines is 2. The number of benzene rings is 1. The predicted octanol–water partition coefficient (Wildman–Crippen LogP) is 2.95. The highest BCUT2D eigenvalue weighted by atomic mass is 16.2. The van der Waals surface area contributed by atoms with Crippen molar-refractivity contribution in [3.8, 4) is 11.8 Å². The highest BCUT2D eigenvalue weighted by molar-refractivity contribution is 5.90. The van der Waals surface area contributed by atoms with E-state index < -0.39 is 0 Å². The summed E-state index contributed by atoms with van der Waals surface area (Å²) in [6.45, 7) is 17.3. The van der Waals surface area contributed by atoms with Crippen molar-refractivity contribution in [2.75, 3.05) is 55.6 Å². The van der Waals surface area contributed by atoms with E-state index in [-0.39, 0.29) is 29.3 Å². The molecule has 3 aliphatic rings. The number of hydrogen-bond acceptors (Lipinski definition) is 9. The molecule has 3 aromatic rings. The van der Waals surface area contributed by atoms with Crippen molar-refractivity contribution in [2.45, 2.75) is 59.0 Å². The van der Waals surface area contributed by atoms with Crippen LogP contribution in [0.1, 0.15) is 45.2 Å². The van der Waals surface area contributed by atoms with Crippen LogP contribution in [-0.4, -0.2) is 93.4 Å². The summed E-state index contributed by atoms with van der Waals surface area (Å²) in [5, 5.41) is 14.8. The van der Waals surface area contributed by atoms with Crippen molar-refractivity contribution >= 4 is 28.6 Å². The van der Waals surface area contributed by atoms with E-state index in [9.17, 15) is 14.9 Å². The lowest BCUT2D eigenvalue weighted by Crippen LogP contribution is -2.60. The number of nitrogens with zero attached hydrogens (tertiary/aromatic N) is 9. The Hall–Kier alpha value is -4.30. The fourth-order valence-corrected chi connectivity index (χ4v) is 7.12. The van der Waals surface area contributed by atoms with Crippen LogP contribution in [0.3, 0.4) is 0 Å². The number of hydrogen-bond donors (Lipinski definition) is 0. The molecule has 1 aliphatic carbocycles. The van der Waals surface area contributed by atoms with Gasteiger partial charge in [0.05, 0.1) is 35.8 Å². The van der Waals surface area contributed by atoms with Crippen LogP contribution >= 0.6 is 0 Å². The molecule has 11 nitrogen and oxygen atoms in total. The van der Waals surface area contributed by atoms with Crippen molar-refractivity contribution in [1.82, 2.24) is 29.5 Å². The van der Waals surface area contributed by atoms with Crippen LogP contribution in [0.25, 0.3) is 16.6 Å². The first kappa shape index (κ1) is 29.8. The molecule has 0 spiro atoms. The van der Waals surface area contributed by atoms with Crippen molar-refractivity contribution in [3.63, 3.8) is 0 Å². The number of amides is 1. The zero-order chi connectivity index (χ0) is 31.2. The summed E-state index contributed by atoms with van der Waals surface area (Å²) >= 11 is 0. The number of nitriles is 1. The van der Waals surface area contributed by atoms with Gasteiger partial charge in [0.25, 0.3) is 5.56 Å². The molecule has 0 radical (unpaired) electrons. The summed E-state index contributed by atoms with van der Waals surface area (Å²) < 4.78 is 1.50. The Morgan fingerprint density at radius 1 is 1.14 bits per heavy atom. The Bertz CT molecular complexity index is 1700. The van der Waals surface area contributed by atoms with Crippen LogP contribution in [0.4, 0.5) is 11.8 Å². The highest BCUT2D eigenvalue weighted by Gasteiger charge is 2.36. The molecule has 2 saturated heterocycles. The van der Waals surface area contributed by atoms with Crippen molar-refractivity contribution in [2.24, 2.45) is 5.41 Å². The van der Waals surface area contributed by atoms with Gasteiger partial charge in [-0.15, -0.1) is 0 Å². The number of fused-ring (bicyclic) bond motifs is 2. The van der Waals surface area contributed by atoms with Gasteiger partial charge in [0.1, 0.15) is 11.3 Å². The maximum atomic E-state index is 14.3. The van der Waals surface area contributed by atoms with Crippen LogP contribution in [0.2, 0.25) is 0 Å². The first-order valence-corrected chi connectivity index (χ1v) is 15.6. The van der Waals surface area contributed by atoms with E-state index >= 15 is 0 Å². The molecule has 1 amide bonds. The average Bonchev–Trinajstić information content (AvgIpc) is 3.32. The van der Waals surface area contributed by atoms with E-state index in [2.05, 4.69) is 66.2 Å². The number of aromatic nitrogens is 4. The molecule has 2 aromatic heterocycles. The molecule has 6 rings (SSSR count). The third kappa shape index (κ3) is 5.21. The Labute approximate surface area is 258 Å². The fraction of sp³-hybridized carbons (Fsp3) is 0.515. The molecule has 0 N–H and O–H groups in total. The molecule has 1 atom stereocenters. The fourth-order valence-electron chi connectivity index (χ4n) is 7.12. The van der Waals surface area contributed by atoms with Gasteiger partial charge in [-0.2, -0.15) is 20.0 Å². The smallest absolute Gasteiger partial charge is 0.298 e. The van der Waals surface area contributed by atoms with Gasteiger partial charge in [0, 0.05) is 38.8 Å². The van der Waals surface area contributed by atoms with Gasteiger partial charge >= 0.3 is 0 Å². The third-order valence-corrected chi connectivity index (χ3v) is 9.45. The molecule has 1 aromatic carbocycles. The Balaban J connectivity index is 1.44. The summed E-state index contributed by atoms with van der Waals surface area (Å²) in [4.78, 5) is 45.1. The standard InChI is InChI=1S/C33H41N9O2/c1-6-28(43)41-15-14-39(19-23(41)12-13-34)30-26-18-35-42(27-11-9-10-22-16-33(4,5)17-25(22)27)31(44)29(26)36-32(37-30)40-20-24(21-40)38(7-2)8-3/h6,9-11,18,23-24H,1,7-8,12,14-17,19-21H2,2-5H3. The van der Waals surface area contributed by atoms with Gasteiger partial charge in [0.15, 0.2) is 0 Å². The zero-order valence-electron chi connectivity index (χ0n) is 26.2. The Kier molecular flexibility index (Phi) is 7.88. The Morgan fingerprint density at radius 2 is 1.91 bits per heavy atom. The summed E-state index contributed by atoms with van der Waals surface area (Å²) in [7, 11) is 0. The highest BCUT2D eigenvalue weighted by Crippen LogP contribution is 2.39. The van der Waals surface area contributed by atoms with Gasteiger partial charge in [-0.25, -0.2) is 4.98 Å². The lowest BCUT2D eigenvalue weighted by molar-refractivity contribution is -0.128. The first-order valence-electron chi connectivity index (χ1n) is 15.6. The van der Waals surface area contributed by atoms with Crippen molar-refractivity contribution in [3.05, 3.63) is 58.5 Å².